The monoisotopic (exact) mass is 379 g/mol. The Morgan fingerprint density at radius 3 is 2.79 bits per heavy atom. The van der Waals surface area contributed by atoms with Crippen molar-refractivity contribution in [3.8, 4) is 5.75 Å². The number of carbonyl (C=O) groups excluding carboxylic acids is 1. The molecule has 0 spiro atoms. The predicted octanol–water partition coefficient (Wildman–Crippen LogP) is 2.57. The molecular weight excluding hydrogens is 354 g/mol. The van der Waals surface area contributed by atoms with E-state index in [-0.39, 0.29) is 11.9 Å². The molecule has 1 saturated heterocycles. The number of likely N-dealkylation sites (tertiary alicyclic amines) is 1. The first kappa shape index (κ1) is 18.0. The molecule has 1 amide bonds. The maximum absolute atomic E-state index is 11.6. The van der Waals surface area contributed by atoms with Gasteiger partial charge >= 0.3 is 0 Å². The van der Waals surface area contributed by atoms with Crippen LogP contribution in [0.3, 0.4) is 0 Å². The molecule has 0 saturated carbocycles. The zero-order valence-electron chi connectivity index (χ0n) is 15.9. The lowest BCUT2D eigenvalue weighted by Gasteiger charge is -2.27. The highest BCUT2D eigenvalue weighted by atomic mass is 16.5. The molecule has 0 aliphatic carbocycles. The molecule has 7 nitrogen and oxygen atoms in total. The first-order chi connectivity index (χ1) is 13.7. The van der Waals surface area contributed by atoms with E-state index in [9.17, 15) is 4.79 Å². The van der Waals surface area contributed by atoms with Gasteiger partial charge in [0.2, 0.25) is 11.8 Å². The Bertz CT molecular complexity index is 828. The van der Waals surface area contributed by atoms with Crippen LogP contribution in [0.15, 0.2) is 73.2 Å². The molecule has 1 unspecified atom stereocenters. The number of allylic oxidation sites excluding steroid dienone is 2. The number of anilines is 1. The summed E-state index contributed by atoms with van der Waals surface area (Å²) in [6.45, 7) is 4.00. The number of amides is 1. The highest BCUT2D eigenvalue weighted by molar-refractivity contribution is 5.73. The highest BCUT2D eigenvalue weighted by Crippen LogP contribution is 2.22. The van der Waals surface area contributed by atoms with Crippen molar-refractivity contribution in [3.63, 3.8) is 0 Å². The maximum atomic E-state index is 11.6. The number of benzene rings is 1. The number of nitrogens with zero attached hydrogens (tertiary/aromatic N) is 3. The van der Waals surface area contributed by atoms with Crippen molar-refractivity contribution in [2.24, 2.45) is 0 Å². The van der Waals surface area contributed by atoms with Crippen LogP contribution in [0.5, 0.6) is 5.75 Å². The van der Waals surface area contributed by atoms with E-state index in [1.165, 1.54) is 0 Å². The SMILES string of the molecule is CC(=O)N1CCC(N2C=CNC(Oc3ccc(NN4C=CC=CC4)cc3)=C2)C1. The van der Waals surface area contributed by atoms with Crippen LogP contribution < -0.4 is 15.5 Å². The van der Waals surface area contributed by atoms with Crippen LogP contribution in [0.2, 0.25) is 0 Å². The molecule has 1 atom stereocenters. The predicted molar refractivity (Wildman–Crippen MR) is 109 cm³/mol. The molecule has 3 aliphatic rings. The molecule has 146 valence electrons. The van der Waals surface area contributed by atoms with Gasteiger partial charge in [0.05, 0.1) is 24.5 Å². The van der Waals surface area contributed by atoms with Gasteiger partial charge in [0.15, 0.2) is 0 Å². The lowest BCUT2D eigenvalue weighted by atomic mass is 10.2. The van der Waals surface area contributed by atoms with Gasteiger partial charge in [0.25, 0.3) is 0 Å². The van der Waals surface area contributed by atoms with E-state index in [4.69, 9.17) is 4.74 Å². The fraction of sp³-hybridized carbons (Fsp3) is 0.286. The van der Waals surface area contributed by atoms with Crippen molar-refractivity contribution in [1.82, 2.24) is 20.1 Å². The molecule has 0 bridgehead atoms. The Labute approximate surface area is 165 Å². The standard InChI is InChI=1S/C21H25N5O2/c1-17(27)24-13-9-19(15-24)25-14-10-22-21(16-25)28-20-7-5-18(6-8-20)23-26-11-3-2-4-12-26/h2-8,10-11,14,16,19,22-23H,9,12-13,15H2,1H3. The molecule has 2 N–H and O–H groups in total. The average Bonchev–Trinajstić information content (AvgIpc) is 3.21. The molecule has 1 aromatic carbocycles. The molecule has 0 radical (unpaired) electrons. The van der Waals surface area contributed by atoms with E-state index >= 15 is 0 Å². The number of hydrogen-bond acceptors (Lipinski definition) is 6. The largest absolute Gasteiger partial charge is 0.439 e. The number of ether oxygens (including phenoxy) is 1. The molecule has 3 aliphatic heterocycles. The number of hydrazine groups is 1. The minimum Gasteiger partial charge on any atom is -0.439 e. The third-order valence-corrected chi connectivity index (χ3v) is 4.94. The van der Waals surface area contributed by atoms with Gasteiger partial charge in [-0.1, -0.05) is 12.2 Å². The average molecular weight is 379 g/mol. The Hall–Kier alpha value is -3.35. The second kappa shape index (κ2) is 8.12. The first-order valence-electron chi connectivity index (χ1n) is 9.50. The van der Waals surface area contributed by atoms with Crippen molar-refractivity contribution < 1.29 is 9.53 Å². The zero-order valence-corrected chi connectivity index (χ0v) is 15.9. The molecule has 4 rings (SSSR count). The van der Waals surface area contributed by atoms with Gasteiger partial charge in [0, 0.05) is 38.6 Å². The van der Waals surface area contributed by atoms with Crippen molar-refractivity contribution in [2.75, 3.05) is 25.1 Å². The second-order valence-corrected chi connectivity index (χ2v) is 6.97. The van der Waals surface area contributed by atoms with Crippen LogP contribution in [0.1, 0.15) is 13.3 Å². The van der Waals surface area contributed by atoms with E-state index in [0.717, 1.165) is 37.5 Å². The van der Waals surface area contributed by atoms with E-state index in [1.54, 1.807) is 6.92 Å². The van der Waals surface area contributed by atoms with Crippen LogP contribution in [0, 0.1) is 0 Å². The smallest absolute Gasteiger partial charge is 0.219 e. The van der Waals surface area contributed by atoms with Crippen LogP contribution in [-0.2, 0) is 4.79 Å². The van der Waals surface area contributed by atoms with Crippen molar-refractivity contribution in [2.45, 2.75) is 19.4 Å². The fourth-order valence-electron chi connectivity index (χ4n) is 3.42. The highest BCUT2D eigenvalue weighted by Gasteiger charge is 2.28. The summed E-state index contributed by atoms with van der Waals surface area (Å²) in [6, 6.07) is 8.12. The van der Waals surface area contributed by atoms with Gasteiger partial charge < -0.3 is 19.9 Å². The molecular formula is C21H25N5O2. The fourth-order valence-corrected chi connectivity index (χ4v) is 3.42. The van der Waals surface area contributed by atoms with E-state index in [0.29, 0.717) is 5.88 Å². The Morgan fingerprint density at radius 1 is 1.21 bits per heavy atom. The lowest BCUT2D eigenvalue weighted by Crippen LogP contribution is -2.35. The Morgan fingerprint density at radius 2 is 2.07 bits per heavy atom. The molecule has 7 heteroatoms. The van der Waals surface area contributed by atoms with Gasteiger partial charge in [-0.15, -0.1) is 0 Å². The van der Waals surface area contributed by atoms with Crippen molar-refractivity contribution >= 4 is 11.6 Å². The summed E-state index contributed by atoms with van der Waals surface area (Å²) >= 11 is 0. The van der Waals surface area contributed by atoms with Crippen LogP contribution in [0.25, 0.3) is 0 Å². The van der Waals surface area contributed by atoms with E-state index in [1.807, 2.05) is 71.1 Å². The molecule has 3 heterocycles. The number of rotatable bonds is 5. The Balaban J connectivity index is 1.34. The van der Waals surface area contributed by atoms with Gasteiger partial charge in [-0.25, -0.2) is 0 Å². The summed E-state index contributed by atoms with van der Waals surface area (Å²) < 4.78 is 5.97. The van der Waals surface area contributed by atoms with Crippen molar-refractivity contribution in [3.05, 3.63) is 73.2 Å². The van der Waals surface area contributed by atoms with Crippen LogP contribution in [0.4, 0.5) is 5.69 Å². The van der Waals surface area contributed by atoms with Gasteiger partial charge in [-0.3, -0.25) is 15.2 Å². The van der Waals surface area contributed by atoms with E-state index in [2.05, 4.69) is 21.7 Å². The third kappa shape index (κ3) is 4.31. The molecule has 1 aromatic rings. The number of hydrogen-bond donors (Lipinski definition) is 2. The lowest BCUT2D eigenvalue weighted by molar-refractivity contribution is -0.127. The zero-order chi connectivity index (χ0) is 19.3. The molecule has 1 fully saturated rings. The summed E-state index contributed by atoms with van der Waals surface area (Å²) in [5, 5.41) is 5.14. The first-order valence-corrected chi connectivity index (χ1v) is 9.50. The summed E-state index contributed by atoms with van der Waals surface area (Å²) in [5.41, 5.74) is 4.32. The normalized spacial score (nSPS) is 20.8. The van der Waals surface area contributed by atoms with E-state index < -0.39 is 0 Å². The van der Waals surface area contributed by atoms with Gasteiger partial charge in [-0.2, -0.15) is 0 Å². The van der Waals surface area contributed by atoms with Crippen LogP contribution in [-0.4, -0.2) is 46.4 Å². The maximum Gasteiger partial charge on any atom is 0.219 e. The minimum absolute atomic E-state index is 0.131. The second-order valence-electron chi connectivity index (χ2n) is 6.97. The summed E-state index contributed by atoms with van der Waals surface area (Å²) in [6.07, 6.45) is 14.9. The molecule has 0 aromatic heterocycles. The van der Waals surface area contributed by atoms with Crippen LogP contribution >= 0.6 is 0 Å². The summed E-state index contributed by atoms with van der Waals surface area (Å²) in [4.78, 5) is 15.5. The Kier molecular flexibility index (Phi) is 5.23. The quantitative estimate of drug-likeness (QED) is 0.820. The van der Waals surface area contributed by atoms with Gasteiger partial charge in [0.1, 0.15) is 5.75 Å². The summed E-state index contributed by atoms with van der Waals surface area (Å²) in [7, 11) is 0. The third-order valence-electron chi connectivity index (χ3n) is 4.94. The van der Waals surface area contributed by atoms with Gasteiger partial charge in [-0.05, 0) is 36.8 Å². The molecule has 28 heavy (non-hydrogen) atoms. The van der Waals surface area contributed by atoms with Crippen molar-refractivity contribution in [1.29, 1.82) is 0 Å². The number of carbonyl (C=O) groups is 1. The summed E-state index contributed by atoms with van der Waals surface area (Å²) in [5.74, 6) is 1.55. The topological polar surface area (TPSA) is 60.1 Å². The minimum atomic E-state index is 0.131. The number of nitrogens with one attached hydrogen (secondary N) is 2.